The van der Waals surface area contributed by atoms with Gasteiger partial charge in [0, 0.05) is 19.3 Å². The molecule has 21 heteroatoms. The van der Waals surface area contributed by atoms with Crippen LogP contribution in [0.1, 0.15) is 52.6 Å². The Morgan fingerprint density at radius 1 is 0.824 bits per heavy atom. The number of ether oxygens (including phenoxy) is 1. The van der Waals surface area contributed by atoms with E-state index in [1.165, 1.54) is 25.9 Å². The number of methoxy groups -OCH3 is 1. The maximum Gasteiger partial charge on any atom is 0.322 e. The summed E-state index contributed by atoms with van der Waals surface area (Å²) in [5.74, 6) is -5.38. The van der Waals surface area contributed by atoms with E-state index in [1.54, 1.807) is 26.8 Å². The van der Waals surface area contributed by atoms with E-state index in [9.17, 15) is 42.3 Å². The van der Waals surface area contributed by atoms with Crippen molar-refractivity contribution in [2.45, 2.75) is 67.8 Å². The molecular formula is C47H59N9O10S2. The number of sulfonamides is 1. The van der Waals surface area contributed by atoms with Crippen molar-refractivity contribution in [1.29, 1.82) is 0 Å². The number of carboxylic acids is 1. The summed E-state index contributed by atoms with van der Waals surface area (Å²) in [5, 5.41) is 16.6. The Hall–Kier alpha value is -6.97. The number of carbonyl (C=O) groups excluding carboxylic acids is 5. The lowest BCUT2D eigenvalue weighted by Crippen LogP contribution is -2.56. The van der Waals surface area contributed by atoms with E-state index < -0.39 is 93.9 Å². The van der Waals surface area contributed by atoms with Gasteiger partial charge in [-0.2, -0.15) is 0 Å². The minimum absolute atomic E-state index is 0.00839. The lowest BCUT2D eigenvalue weighted by atomic mass is 9.84. The number of nitrogens with one attached hydrogen (secondary N) is 4. The number of benzene rings is 4. The molecule has 0 aromatic heterocycles. The van der Waals surface area contributed by atoms with Crippen molar-refractivity contribution in [2.75, 3.05) is 39.5 Å². The number of nitrogens with two attached hydrogens (primary N) is 3. The monoisotopic (exact) mass is 973 g/mol. The van der Waals surface area contributed by atoms with Crippen LogP contribution < -0.4 is 42.6 Å². The van der Waals surface area contributed by atoms with Crippen LogP contribution in [-0.4, -0.2) is 118 Å². The summed E-state index contributed by atoms with van der Waals surface area (Å²) in [6, 6.07) is 26.3. The Labute approximate surface area is 400 Å². The van der Waals surface area contributed by atoms with Crippen molar-refractivity contribution in [3.8, 4) is 5.75 Å². The molecular weight excluding hydrogens is 915 g/mol. The maximum absolute atomic E-state index is 14.4. The van der Waals surface area contributed by atoms with Crippen LogP contribution in [0.15, 0.2) is 107 Å². The van der Waals surface area contributed by atoms with E-state index in [-0.39, 0.29) is 30.0 Å². The SMILES string of the molecule is COc1cc(C)c(S(=O)(=O)NC(N)=NCCC[C@H](NC(=O)CN(C)C(=O)[C@H](CSC(c2ccccc2)(c2ccccc2)c2ccccc2)NC(=O)[C@@H](N)CC(N)=O)C(=O)NCC(=O)O)c(C)c1C. The first-order valence-corrected chi connectivity index (χ1v) is 23.8. The van der Waals surface area contributed by atoms with Crippen molar-refractivity contribution in [3.05, 3.63) is 130 Å². The zero-order chi connectivity index (χ0) is 50.2. The number of aryl methyl sites for hydroxylation is 1. The molecule has 5 amide bonds. The molecule has 0 unspecified atom stereocenters. The predicted molar refractivity (Wildman–Crippen MR) is 259 cm³/mol. The Bertz CT molecular complexity index is 2470. The smallest absolute Gasteiger partial charge is 0.322 e. The average molecular weight is 974 g/mol. The molecule has 0 heterocycles. The fourth-order valence-corrected chi connectivity index (χ4v) is 10.5. The number of aliphatic carboxylic acids is 1. The average Bonchev–Trinajstić information content (AvgIpc) is 3.30. The molecule has 19 nitrogen and oxygen atoms in total. The predicted octanol–water partition coefficient (Wildman–Crippen LogP) is 1.55. The molecule has 11 N–H and O–H groups in total. The number of thioether (sulfide) groups is 1. The van der Waals surface area contributed by atoms with Crippen LogP contribution in [0.5, 0.6) is 5.75 Å². The highest BCUT2D eigenvalue weighted by atomic mass is 32.2. The van der Waals surface area contributed by atoms with Crippen LogP contribution in [0.2, 0.25) is 0 Å². The zero-order valence-corrected chi connectivity index (χ0v) is 40.1. The fourth-order valence-electron chi connectivity index (χ4n) is 7.46. The van der Waals surface area contributed by atoms with Crippen LogP contribution in [0, 0.1) is 20.8 Å². The van der Waals surface area contributed by atoms with Gasteiger partial charge < -0.3 is 47.9 Å². The van der Waals surface area contributed by atoms with Gasteiger partial charge in [-0.3, -0.25) is 33.8 Å². The number of guanidine groups is 1. The number of hydrogen-bond acceptors (Lipinski definition) is 12. The fraction of sp³-hybridized carbons (Fsp3) is 0.340. The largest absolute Gasteiger partial charge is 0.496 e. The molecule has 4 aromatic carbocycles. The lowest BCUT2D eigenvalue weighted by Gasteiger charge is -2.37. The number of carbonyl (C=O) groups is 6. The normalized spacial score (nSPS) is 13.0. The van der Waals surface area contributed by atoms with Gasteiger partial charge in [0.2, 0.25) is 35.5 Å². The minimum atomic E-state index is -4.18. The van der Waals surface area contributed by atoms with Crippen LogP contribution in [0.3, 0.4) is 0 Å². The standard InChI is InChI=1S/C47H59N9O10S2/c1-29-24-38(66-5)30(2)31(3)42(29)68(64,65)55-46(50)51-23-15-22-36(44(62)52-26-41(59)60)53-40(58)27-56(4)45(63)37(54-43(61)35(48)25-39(49)57)28-67-47(32-16-9-6-10-17-32,33-18-11-7-12-19-33)34-20-13-8-14-21-34/h6-14,16-21,24,35-37H,15,22-23,25-28,48H2,1-5H3,(H2,49,57)(H,52,62)(H,53,58)(H,54,61)(H,59,60)(H3,50,51,55)/t35-,36-,37-/m0/s1. The van der Waals surface area contributed by atoms with Crippen LogP contribution in [-0.2, 0) is 43.5 Å². The third kappa shape index (κ3) is 14.3. The molecule has 68 heavy (non-hydrogen) atoms. The van der Waals surface area contributed by atoms with E-state index in [0.717, 1.165) is 21.6 Å². The summed E-state index contributed by atoms with van der Waals surface area (Å²) >= 11 is 1.35. The molecule has 0 fully saturated rings. The number of primary amides is 1. The van der Waals surface area contributed by atoms with Crippen LogP contribution >= 0.6 is 11.8 Å². The topological polar surface area (TPSA) is 308 Å². The van der Waals surface area contributed by atoms with Gasteiger partial charge in [0.05, 0.1) is 35.8 Å². The maximum atomic E-state index is 14.4. The third-order valence-corrected chi connectivity index (χ3v) is 14.1. The second-order valence-electron chi connectivity index (χ2n) is 15.8. The first-order valence-electron chi connectivity index (χ1n) is 21.4. The van der Waals surface area contributed by atoms with E-state index >= 15 is 0 Å². The van der Waals surface area contributed by atoms with Gasteiger partial charge in [-0.05, 0) is 73.1 Å². The van der Waals surface area contributed by atoms with E-state index in [2.05, 4.69) is 25.7 Å². The molecule has 0 radical (unpaired) electrons. The molecule has 3 atom stereocenters. The summed E-state index contributed by atoms with van der Waals surface area (Å²) < 4.78 is 33.3. The first-order chi connectivity index (χ1) is 32.2. The van der Waals surface area contributed by atoms with Gasteiger partial charge in [-0.1, -0.05) is 91.0 Å². The Kier molecular flexibility index (Phi) is 19.5. The summed E-state index contributed by atoms with van der Waals surface area (Å²) in [6.45, 7) is 3.49. The third-order valence-electron chi connectivity index (χ3n) is 10.8. The van der Waals surface area contributed by atoms with E-state index in [1.807, 2.05) is 91.0 Å². The van der Waals surface area contributed by atoms with Crippen molar-refractivity contribution in [2.24, 2.45) is 22.2 Å². The van der Waals surface area contributed by atoms with Crippen molar-refractivity contribution in [3.63, 3.8) is 0 Å². The Morgan fingerprint density at radius 2 is 1.37 bits per heavy atom. The zero-order valence-electron chi connectivity index (χ0n) is 38.5. The van der Waals surface area contributed by atoms with Gasteiger partial charge >= 0.3 is 5.97 Å². The van der Waals surface area contributed by atoms with E-state index in [0.29, 0.717) is 22.4 Å². The number of likely N-dealkylation sites (N-methyl/N-ethyl adjacent to an activating group) is 1. The van der Waals surface area contributed by atoms with Gasteiger partial charge in [0.15, 0.2) is 0 Å². The molecule has 364 valence electrons. The molecule has 0 saturated carbocycles. The highest BCUT2D eigenvalue weighted by Gasteiger charge is 2.39. The highest BCUT2D eigenvalue weighted by Crippen LogP contribution is 2.48. The Morgan fingerprint density at radius 3 is 1.87 bits per heavy atom. The molecule has 4 rings (SSSR count). The molecule has 0 spiro atoms. The van der Waals surface area contributed by atoms with Crippen molar-refractivity contribution < 1.29 is 47.0 Å². The summed E-state index contributed by atoms with van der Waals surface area (Å²) in [5.41, 5.74) is 21.4. The molecule has 0 aliphatic heterocycles. The minimum Gasteiger partial charge on any atom is -0.496 e. The summed E-state index contributed by atoms with van der Waals surface area (Å²) in [4.78, 5) is 82.8. The van der Waals surface area contributed by atoms with Gasteiger partial charge in [-0.15, -0.1) is 11.8 Å². The first kappa shape index (κ1) is 53.6. The number of amides is 5. The number of nitrogens with zero attached hydrogens (tertiary/aromatic N) is 2. The number of rotatable bonds is 24. The molecule has 0 bridgehead atoms. The number of aliphatic imine (C=N–C) groups is 1. The van der Waals surface area contributed by atoms with Crippen molar-refractivity contribution >= 4 is 63.2 Å². The van der Waals surface area contributed by atoms with E-state index in [4.69, 9.17) is 21.9 Å². The van der Waals surface area contributed by atoms with Gasteiger partial charge in [-0.25, -0.2) is 13.1 Å². The summed E-state index contributed by atoms with van der Waals surface area (Å²) in [7, 11) is -1.38. The van der Waals surface area contributed by atoms with Crippen LogP contribution in [0.4, 0.5) is 0 Å². The second-order valence-corrected chi connectivity index (χ2v) is 18.7. The quantitative estimate of drug-likeness (QED) is 0.0214. The molecule has 0 saturated heterocycles. The highest BCUT2D eigenvalue weighted by molar-refractivity contribution is 8.00. The Balaban J connectivity index is 1.55. The lowest BCUT2D eigenvalue weighted by molar-refractivity contribution is -0.139. The van der Waals surface area contributed by atoms with Crippen LogP contribution in [0.25, 0.3) is 0 Å². The number of hydrogen-bond donors (Lipinski definition) is 8. The van der Waals surface area contributed by atoms with Gasteiger partial charge in [0.1, 0.15) is 24.4 Å². The molecule has 0 aliphatic carbocycles. The summed E-state index contributed by atoms with van der Waals surface area (Å²) in [6.07, 6.45) is -0.547. The molecule has 4 aromatic rings. The second kappa shape index (κ2) is 24.7. The van der Waals surface area contributed by atoms with Crippen molar-refractivity contribution in [1.82, 2.24) is 25.6 Å². The molecule has 0 aliphatic rings. The number of carboxylic acid groups (broad SMARTS) is 1. The van der Waals surface area contributed by atoms with Gasteiger partial charge in [0.25, 0.3) is 10.0 Å².